The standard InChI is InChI=1S/C13H20N2O4/c1-13(8-17,9-18)12(19)15-14-11-4-2-10(3-5-11)6-7-16/h2-5,14,16-18H,6-9H2,1H3,(H,15,19). The van der Waals surface area contributed by atoms with Crippen LogP contribution >= 0.6 is 0 Å². The molecule has 0 fully saturated rings. The van der Waals surface area contributed by atoms with Crippen LogP contribution in [0.25, 0.3) is 0 Å². The quantitative estimate of drug-likeness (QED) is 0.435. The van der Waals surface area contributed by atoms with Crippen LogP contribution in [0.3, 0.4) is 0 Å². The normalized spacial score (nSPS) is 11.2. The molecule has 0 aliphatic heterocycles. The van der Waals surface area contributed by atoms with Crippen molar-refractivity contribution in [1.82, 2.24) is 5.43 Å². The van der Waals surface area contributed by atoms with E-state index in [0.717, 1.165) is 5.56 Å². The maximum absolute atomic E-state index is 11.7. The van der Waals surface area contributed by atoms with E-state index in [2.05, 4.69) is 10.9 Å². The van der Waals surface area contributed by atoms with Gasteiger partial charge in [0, 0.05) is 6.61 Å². The summed E-state index contributed by atoms with van der Waals surface area (Å²) in [4.78, 5) is 11.7. The fourth-order valence-corrected chi connectivity index (χ4v) is 1.36. The summed E-state index contributed by atoms with van der Waals surface area (Å²) < 4.78 is 0. The highest BCUT2D eigenvalue weighted by Gasteiger charge is 2.31. The lowest BCUT2D eigenvalue weighted by molar-refractivity contribution is -0.134. The van der Waals surface area contributed by atoms with Crippen LogP contribution in [-0.4, -0.2) is 41.0 Å². The van der Waals surface area contributed by atoms with E-state index in [1.807, 2.05) is 12.1 Å². The Balaban J connectivity index is 2.54. The maximum atomic E-state index is 11.7. The molecule has 1 aromatic rings. The number of rotatable bonds is 7. The van der Waals surface area contributed by atoms with Gasteiger partial charge in [-0.05, 0) is 31.0 Å². The number of hydrogen-bond acceptors (Lipinski definition) is 5. The SMILES string of the molecule is CC(CO)(CO)C(=O)NNc1ccc(CCO)cc1. The monoisotopic (exact) mass is 268 g/mol. The molecule has 0 bridgehead atoms. The maximum Gasteiger partial charge on any atom is 0.248 e. The van der Waals surface area contributed by atoms with Crippen molar-refractivity contribution < 1.29 is 20.1 Å². The second-order valence-electron chi connectivity index (χ2n) is 4.63. The van der Waals surface area contributed by atoms with Crippen molar-refractivity contribution in [3.8, 4) is 0 Å². The summed E-state index contributed by atoms with van der Waals surface area (Å²) in [6.07, 6.45) is 0.583. The molecule has 0 radical (unpaired) electrons. The molecule has 1 aromatic carbocycles. The number of amides is 1. The largest absolute Gasteiger partial charge is 0.396 e. The molecule has 6 nitrogen and oxygen atoms in total. The van der Waals surface area contributed by atoms with Gasteiger partial charge >= 0.3 is 0 Å². The van der Waals surface area contributed by atoms with Crippen LogP contribution in [-0.2, 0) is 11.2 Å². The van der Waals surface area contributed by atoms with E-state index in [9.17, 15) is 4.79 Å². The molecule has 0 aliphatic carbocycles. The van der Waals surface area contributed by atoms with Gasteiger partial charge in [0.2, 0.25) is 5.91 Å². The molecule has 19 heavy (non-hydrogen) atoms. The third-order valence-corrected chi connectivity index (χ3v) is 2.92. The van der Waals surface area contributed by atoms with E-state index in [1.165, 1.54) is 6.92 Å². The lowest BCUT2D eigenvalue weighted by Crippen LogP contribution is -2.46. The number of carbonyl (C=O) groups excluding carboxylic acids is 1. The Kier molecular flexibility index (Phi) is 5.75. The number of hydrogen-bond donors (Lipinski definition) is 5. The second kappa shape index (κ2) is 7.08. The van der Waals surface area contributed by atoms with Gasteiger partial charge in [-0.15, -0.1) is 0 Å². The third-order valence-electron chi connectivity index (χ3n) is 2.92. The number of benzene rings is 1. The van der Waals surface area contributed by atoms with Crippen LogP contribution in [0, 0.1) is 5.41 Å². The van der Waals surface area contributed by atoms with Crippen molar-refractivity contribution in [2.75, 3.05) is 25.2 Å². The highest BCUT2D eigenvalue weighted by atomic mass is 16.3. The van der Waals surface area contributed by atoms with Crippen LogP contribution in [0.15, 0.2) is 24.3 Å². The molecule has 0 atom stereocenters. The number of hydrazine groups is 1. The Morgan fingerprint density at radius 1 is 1.16 bits per heavy atom. The fourth-order valence-electron chi connectivity index (χ4n) is 1.36. The number of aliphatic hydroxyl groups is 3. The number of nitrogens with one attached hydrogen (secondary N) is 2. The highest BCUT2D eigenvalue weighted by Crippen LogP contribution is 2.14. The first-order valence-corrected chi connectivity index (χ1v) is 6.03. The molecule has 0 saturated heterocycles. The van der Waals surface area contributed by atoms with Crippen molar-refractivity contribution in [2.24, 2.45) is 5.41 Å². The minimum Gasteiger partial charge on any atom is -0.396 e. The summed E-state index contributed by atoms with van der Waals surface area (Å²) in [5.74, 6) is -0.489. The van der Waals surface area contributed by atoms with Crippen molar-refractivity contribution in [1.29, 1.82) is 0 Å². The molecule has 0 spiro atoms. The Hall–Kier alpha value is -1.63. The zero-order chi connectivity index (χ0) is 14.3. The number of aliphatic hydroxyl groups excluding tert-OH is 3. The van der Waals surface area contributed by atoms with Gasteiger partial charge in [-0.2, -0.15) is 0 Å². The van der Waals surface area contributed by atoms with Crippen molar-refractivity contribution in [3.63, 3.8) is 0 Å². The third kappa shape index (κ3) is 4.20. The van der Waals surface area contributed by atoms with E-state index < -0.39 is 24.5 Å². The molecule has 0 heterocycles. The van der Waals surface area contributed by atoms with Crippen LogP contribution in [0.2, 0.25) is 0 Å². The Morgan fingerprint density at radius 3 is 2.21 bits per heavy atom. The lowest BCUT2D eigenvalue weighted by atomic mass is 9.92. The van der Waals surface area contributed by atoms with Crippen molar-refractivity contribution in [3.05, 3.63) is 29.8 Å². The van der Waals surface area contributed by atoms with Gasteiger partial charge in [-0.25, -0.2) is 0 Å². The van der Waals surface area contributed by atoms with E-state index in [1.54, 1.807) is 12.1 Å². The molecule has 0 aromatic heterocycles. The fraction of sp³-hybridized carbons (Fsp3) is 0.462. The van der Waals surface area contributed by atoms with Gasteiger partial charge in [0.1, 0.15) is 0 Å². The molecule has 0 unspecified atom stereocenters. The van der Waals surface area contributed by atoms with E-state index in [0.29, 0.717) is 12.1 Å². The Bertz CT molecular complexity index is 402. The first-order chi connectivity index (χ1) is 9.05. The zero-order valence-electron chi connectivity index (χ0n) is 10.9. The van der Waals surface area contributed by atoms with E-state index in [-0.39, 0.29) is 6.61 Å². The van der Waals surface area contributed by atoms with Crippen LogP contribution in [0.4, 0.5) is 5.69 Å². The van der Waals surface area contributed by atoms with Gasteiger partial charge in [0.25, 0.3) is 0 Å². The van der Waals surface area contributed by atoms with Crippen molar-refractivity contribution in [2.45, 2.75) is 13.3 Å². The highest BCUT2D eigenvalue weighted by molar-refractivity contribution is 5.83. The summed E-state index contributed by atoms with van der Waals surface area (Å²) in [7, 11) is 0. The summed E-state index contributed by atoms with van der Waals surface area (Å²) in [6.45, 7) is 0.683. The van der Waals surface area contributed by atoms with Gasteiger partial charge in [0.05, 0.1) is 24.3 Å². The molecular weight excluding hydrogens is 248 g/mol. The molecular formula is C13H20N2O4. The lowest BCUT2D eigenvalue weighted by Gasteiger charge is -2.23. The summed E-state index contributed by atoms with van der Waals surface area (Å²) in [6, 6.07) is 7.20. The number of carbonyl (C=O) groups is 1. The molecule has 1 amide bonds. The predicted molar refractivity (Wildman–Crippen MR) is 71.3 cm³/mol. The van der Waals surface area contributed by atoms with Crippen LogP contribution in [0.1, 0.15) is 12.5 Å². The van der Waals surface area contributed by atoms with Gasteiger partial charge < -0.3 is 15.3 Å². The van der Waals surface area contributed by atoms with Gasteiger partial charge in [-0.1, -0.05) is 12.1 Å². The number of anilines is 1. The summed E-state index contributed by atoms with van der Waals surface area (Å²) in [5, 5.41) is 26.9. The first-order valence-electron chi connectivity index (χ1n) is 6.03. The topological polar surface area (TPSA) is 102 Å². The van der Waals surface area contributed by atoms with Gasteiger partial charge in [-0.3, -0.25) is 15.6 Å². The second-order valence-corrected chi connectivity index (χ2v) is 4.63. The first kappa shape index (κ1) is 15.4. The van der Waals surface area contributed by atoms with Crippen LogP contribution < -0.4 is 10.9 Å². The summed E-state index contributed by atoms with van der Waals surface area (Å²) >= 11 is 0. The predicted octanol–water partition coefficient (Wildman–Crippen LogP) is -0.345. The smallest absolute Gasteiger partial charge is 0.248 e. The molecule has 106 valence electrons. The van der Waals surface area contributed by atoms with Gasteiger partial charge in [0.15, 0.2) is 0 Å². The molecule has 6 heteroatoms. The minimum atomic E-state index is -1.22. The minimum absolute atomic E-state index is 0.0921. The van der Waals surface area contributed by atoms with E-state index >= 15 is 0 Å². The molecule has 0 aliphatic rings. The van der Waals surface area contributed by atoms with Crippen LogP contribution in [0.5, 0.6) is 0 Å². The Labute approximate surface area is 112 Å². The molecule has 5 N–H and O–H groups in total. The molecule has 0 saturated carbocycles. The average molecular weight is 268 g/mol. The van der Waals surface area contributed by atoms with Crippen molar-refractivity contribution >= 4 is 11.6 Å². The zero-order valence-corrected chi connectivity index (χ0v) is 10.9. The average Bonchev–Trinajstić information content (AvgIpc) is 2.45. The summed E-state index contributed by atoms with van der Waals surface area (Å²) in [5.41, 5.74) is 5.59. The molecule has 1 rings (SSSR count). The Morgan fingerprint density at radius 2 is 1.74 bits per heavy atom. The van der Waals surface area contributed by atoms with E-state index in [4.69, 9.17) is 15.3 Å².